The van der Waals surface area contributed by atoms with E-state index in [0.29, 0.717) is 36.7 Å². The fourth-order valence-electron chi connectivity index (χ4n) is 4.27. The van der Waals surface area contributed by atoms with Crippen LogP contribution in [0.3, 0.4) is 0 Å². The number of pyridine rings is 2. The number of amides is 1. The minimum Gasteiger partial charge on any atom is -0.493 e. The van der Waals surface area contributed by atoms with Crippen molar-refractivity contribution in [2.24, 2.45) is 0 Å². The Morgan fingerprint density at radius 2 is 1.78 bits per heavy atom. The summed E-state index contributed by atoms with van der Waals surface area (Å²) in [7, 11) is -2.42. The number of piperazine rings is 1. The first-order chi connectivity index (χ1) is 21.1. The van der Waals surface area contributed by atoms with Crippen LogP contribution >= 0.6 is 0 Å². The largest absolute Gasteiger partial charge is 0.493 e. The van der Waals surface area contributed by atoms with Gasteiger partial charge in [0, 0.05) is 62.8 Å². The summed E-state index contributed by atoms with van der Waals surface area (Å²) < 4.78 is 79.5. The van der Waals surface area contributed by atoms with Crippen LogP contribution in [0.4, 0.5) is 29.1 Å². The molecule has 244 valence electrons. The second-order valence-corrected chi connectivity index (χ2v) is 11.7. The molecule has 4 rings (SSSR count). The van der Waals surface area contributed by atoms with Gasteiger partial charge in [-0.1, -0.05) is 17.7 Å². The number of carbonyl (C=O) groups excluding carboxylic acids is 1. The van der Waals surface area contributed by atoms with Crippen molar-refractivity contribution >= 4 is 33.4 Å². The van der Waals surface area contributed by atoms with Crippen LogP contribution in [-0.2, 0) is 14.8 Å². The van der Waals surface area contributed by atoms with Gasteiger partial charge in [-0.15, -0.1) is 0 Å². The molecule has 2 aromatic heterocycles. The zero-order valence-electron chi connectivity index (χ0n) is 24.5. The van der Waals surface area contributed by atoms with Crippen LogP contribution in [0.2, 0.25) is 0 Å². The Hall–Kier alpha value is -4.51. The molecule has 0 spiro atoms. The molecule has 1 amide bonds. The summed E-state index contributed by atoms with van der Waals surface area (Å²) in [6, 6.07) is 10.0. The molecule has 1 aliphatic heterocycles. The van der Waals surface area contributed by atoms with Gasteiger partial charge in [0.2, 0.25) is 10.0 Å². The number of nitrogens with one attached hydrogen (secondary N) is 2. The molecule has 3 N–H and O–H groups in total. The molecule has 1 atom stereocenters. The summed E-state index contributed by atoms with van der Waals surface area (Å²) in [6.45, 7) is 5.21. The Morgan fingerprint density at radius 1 is 1.11 bits per heavy atom. The minimum atomic E-state index is -5.08. The number of benzene rings is 1. The summed E-state index contributed by atoms with van der Waals surface area (Å²) in [5.74, 6) is -2.76. The SMILES string of the molecule is COc1cc(S(=O)(=O)N2CCN(c3ccncc3F)C(C)C2)cnc1NCCNC(=O)c1ccc(C)cc1.O=C(O)C(F)(F)F. The van der Waals surface area contributed by atoms with E-state index >= 15 is 0 Å². The van der Waals surface area contributed by atoms with E-state index in [2.05, 4.69) is 20.6 Å². The number of nitrogens with zero attached hydrogens (tertiary/aromatic N) is 4. The Labute approximate surface area is 257 Å². The van der Waals surface area contributed by atoms with Crippen LogP contribution in [0.15, 0.2) is 59.9 Å². The highest BCUT2D eigenvalue weighted by Crippen LogP contribution is 2.29. The number of hydrogen-bond donors (Lipinski definition) is 3. The number of ether oxygens (including phenoxy) is 1. The average molecular weight is 657 g/mol. The highest BCUT2D eigenvalue weighted by molar-refractivity contribution is 7.89. The Balaban J connectivity index is 0.000000707. The number of sulfonamides is 1. The third kappa shape index (κ3) is 9.24. The molecule has 0 saturated carbocycles. The molecule has 3 aromatic rings. The Morgan fingerprint density at radius 3 is 2.36 bits per heavy atom. The van der Waals surface area contributed by atoms with Gasteiger partial charge in [-0.25, -0.2) is 22.6 Å². The van der Waals surface area contributed by atoms with Crippen LogP contribution in [-0.4, -0.2) is 91.7 Å². The van der Waals surface area contributed by atoms with Crippen molar-refractivity contribution < 1.29 is 45.4 Å². The van der Waals surface area contributed by atoms with Crippen LogP contribution in [0, 0.1) is 12.7 Å². The molecule has 1 unspecified atom stereocenters. The Kier molecular flexibility index (Phi) is 11.6. The summed E-state index contributed by atoms with van der Waals surface area (Å²) in [6.07, 6.45) is -1.14. The molecule has 3 heterocycles. The maximum Gasteiger partial charge on any atom is 0.490 e. The second-order valence-electron chi connectivity index (χ2n) is 9.81. The number of anilines is 2. The van der Waals surface area contributed by atoms with Crippen molar-refractivity contribution in [3.63, 3.8) is 0 Å². The molecular formula is C28H32F4N6O6S. The van der Waals surface area contributed by atoms with Crippen LogP contribution in [0.1, 0.15) is 22.8 Å². The fraction of sp³-hybridized carbons (Fsp3) is 0.357. The molecular weight excluding hydrogens is 624 g/mol. The lowest BCUT2D eigenvalue weighted by Gasteiger charge is -2.40. The fourth-order valence-corrected chi connectivity index (χ4v) is 5.74. The van der Waals surface area contributed by atoms with Gasteiger partial charge in [0.15, 0.2) is 17.4 Å². The van der Waals surface area contributed by atoms with Gasteiger partial charge in [-0.2, -0.15) is 17.5 Å². The normalized spacial score (nSPS) is 15.4. The van der Waals surface area contributed by atoms with Gasteiger partial charge in [0.25, 0.3) is 5.91 Å². The molecule has 0 radical (unpaired) electrons. The first-order valence-electron chi connectivity index (χ1n) is 13.4. The quantitative estimate of drug-likeness (QED) is 0.231. The first kappa shape index (κ1) is 35.0. The number of halogens is 4. The molecule has 12 nitrogen and oxygen atoms in total. The molecule has 1 fully saturated rings. The van der Waals surface area contributed by atoms with E-state index in [-0.39, 0.29) is 35.7 Å². The second kappa shape index (κ2) is 15.0. The molecule has 45 heavy (non-hydrogen) atoms. The number of carboxylic acid groups (broad SMARTS) is 1. The molecule has 1 saturated heterocycles. The topological polar surface area (TPSA) is 154 Å². The molecule has 0 bridgehead atoms. The average Bonchev–Trinajstić information content (AvgIpc) is 2.99. The van der Waals surface area contributed by atoms with Crippen molar-refractivity contribution in [3.05, 3.63) is 71.9 Å². The van der Waals surface area contributed by atoms with Gasteiger partial charge >= 0.3 is 12.1 Å². The zero-order chi connectivity index (χ0) is 33.4. The number of aryl methyl sites for hydroxylation is 1. The molecule has 1 aromatic carbocycles. The summed E-state index contributed by atoms with van der Waals surface area (Å²) in [5.41, 5.74) is 2.05. The van der Waals surface area contributed by atoms with Gasteiger partial charge in [0.1, 0.15) is 4.90 Å². The van der Waals surface area contributed by atoms with Gasteiger partial charge < -0.3 is 25.4 Å². The molecule has 0 aliphatic carbocycles. The van der Waals surface area contributed by atoms with Gasteiger partial charge in [-0.05, 0) is 32.0 Å². The van der Waals surface area contributed by atoms with Crippen molar-refractivity contribution in [1.29, 1.82) is 0 Å². The smallest absolute Gasteiger partial charge is 0.490 e. The Bertz CT molecular complexity index is 1590. The number of carboxylic acids is 1. The number of carbonyl (C=O) groups is 2. The van der Waals surface area contributed by atoms with Gasteiger partial charge in [-0.3, -0.25) is 9.78 Å². The minimum absolute atomic E-state index is 0.00307. The predicted octanol–water partition coefficient (Wildman–Crippen LogP) is 3.31. The first-order valence-corrected chi connectivity index (χ1v) is 14.9. The monoisotopic (exact) mass is 656 g/mol. The van der Waals surface area contributed by atoms with Crippen LogP contribution < -0.4 is 20.3 Å². The number of alkyl halides is 3. The van der Waals surface area contributed by atoms with E-state index in [1.165, 1.54) is 29.9 Å². The van der Waals surface area contributed by atoms with Crippen LogP contribution in [0.25, 0.3) is 0 Å². The van der Waals surface area contributed by atoms with Crippen molar-refractivity contribution in [2.75, 3.05) is 50.1 Å². The number of hydrogen-bond acceptors (Lipinski definition) is 9. The van der Waals surface area contributed by atoms with E-state index in [1.54, 1.807) is 18.2 Å². The maximum atomic E-state index is 14.2. The predicted molar refractivity (Wildman–Crippen MR) is 156 cm³/mol. The number of methoxy groups -OCH3 is 1. The summed E-state index contributed by atoms with van der Waals surface area (Å²) in [4.78, 5) is 31.0. The number of rotatable bonds is 9. The molecule has 17 heteroatoms. The lowest BCUT2D eigenvalue weighted by atomic mass is 10.1. The van der Waals surface area contributed by atoms with Crippen molar-refractivity contribution in [1.82, 2.24) is 19.6 Å². The standard InChI is InChI=1S/C26H31FN6O4S.C2HF3O2/c1-18-4-6-20(7-5-18)26(34)30-11-10-29-25-24(37-3)14-21(15-31-25)38(35,36)32-12-13-33(19(2)17-32)23-8-9-28-16-22(23)27;3-2(4,5)1(6)7/h4-9,14-16,19H,10-13,17H2,1-3H3,(H,29,31)(H,30,34);(H,6,7). The molecule has 1 aliphatic rings. The van der Waals surface area contributed by atoms with E-state index in [0.717, 1.165) is 11.8 Å². The zero-order valence-corrected chi connectivity index (χ0v) is 25.3. The lowest BCUT2D eigenvalue weighted by Crippen LogP contribution is -2.53. The van der Waals surface area contributed by atoms with E-state index < -0.39 is 28.0 Å². The van der Waals surface area contributed by atoms with E-state index in [4.69, 9.17) is 14.6 Å². The number of aliphatic carboxylic acids is 1. The van der Waals surface area contributed by atoms with E-state index in [1.807, 2.05) is 30.9 Å². The number of aromatic nitrogens is 2. The third-order valence-corrected chi connectivity index (χ3v) is 8.43. The third-order valence-electron chi connectivity index (χ3n) is 6.60. The van der Waals surface area contributed by atoms with Crippen molar-refractivity contribution in [3.8, 4) is 5.75 Å². The lowest BCUT2D eigenvalue weighted by molar-refractivity contribution is -0.192. The highest BCUT2D eigenvalue weighted by Gasteiger charge is 2.38. The highest BCUT2D eigenvalue weighted by atomic mass is 32.2. The summed E-state index contributed by atoms with van der Waals surface area (Å²) in [5, 5.41) is 13.0. The summed E-state index contributed by atoms with van der Waals surface area (Å²) >= 11 is 0. The van der Waals surface area contributed by atoms with Crippen LogP contribution in [0.5, 0.6) is 5.75 Å². The van der Waals surface area contributed by atoms with E-state index in [9.17, 15) is 30.8 Å². The van der Waals surface area contributed by atoms with Gasteiger partial charge in [0.05, 0.1) is 19.0 Å². The van der Waals surface area contributed by atoms with Crippen molar-refractivity contribution in [2.45, 2.75) is 31.0 Å². The maximum absolute atomic E-state index is 14.2.